The van der Waals surface area contributed by atoms with E-state index in [0.717, 1.165) is 5.56 Å². The maximum Gasteiger partial charge on any atom is 0.308 e. The zero-order chi connectivity index (χ0) is 12.0. The Bertz CT molecular complexity index is 373. The van der Waals surface area contributed by atoms with Gasteiger partial charge in [-0.15, -0.1) is 0 Å². The summed E-state index contributed by atoms with van der Waals surface area (Å²) in [4.78, 5) is 10.9. The van der Waals surface area contributed by atoms with Crippen molar-refractivity contribution in [3.05, 3.63) is 40.4 Å². The molecule has 0 spiro atoms. The van der Waals surface area contributed by atoms with Gasteiger partial charge in [0.15, 0.2) is 0 Å². The van der Waals surface area contributed by atoms with Crippen molar-refractivity contribution in [1.29, 1.82) is 0 Å². The van der Waals surface area contributed by atoms with Crippen molar-refractivity contribution in [1.82, 2.24) is 0 Å². The molecule has 0 bridgehead atoms. The van der Waals surface area contributed by atoms with Crippen molar-refractivity contribution in [2.24, 2.45) is 0 Å². The summed E-state index contributed by atoms with van der Waals surface area (Å²) < 4.78 is 5.03. The molecule has 1 aromatic rings. The molecule has 0 aliphatic carbocycles. The van der Waals surface area contributed by atoms with Crippen LogP contribution in [0.25, 0.3) is 6.08 Å². The molecule has 1 rings (SSSR count). The molecule has 0 aliphatic rings. The molecule has 0 aliphatic heterocycles. The quantitative estimate of drug-likeness (QED) is 0.864. The Morgan fingerprint density at radius 2 is 2.12 bits per heavy atom. The predicted octanol–water partition coefficient (Wildman–Crippen LogP) is 2.35. The highest BCUT2D eigenvalue weighted by atomic mass is 79.9. The largest absolute Gasteiger partial charge is 0.469 e. The molecule has 0 heterocycles. The summed E-state index contributed by atoms with van der Waals surface area (Å²) in [5.74, 6) is -0.439. The molecular formula is C12H13BrO3. The van der Waals surface area contributed by atoms with Crippen LogP contribution in [0, 0.1) is 0 Å². The van der Waals surface area contributed by atoms with Gasteiger partial charge in [0.1, 0.15) is 0 Å². The molecule has 3 nitrogen and oxygen atoms in total. The third kappa shape index (κ3) is 4.16. The molecule has 16 heavy (non-hydrogen) atoms. The van der Waals surface area contributed by atoms with Gasteiger partial charge in [-0.1, -0.05) is 46.3 Å². The average molecular weight is 285 g/mol. The Kier molecular flexibility index (Phi) is 5.22. The molecule has 1 N–H and O–H groups in total. The molecule has 0 amide bonds. The van der Waals surface area contributed by atoms with E-state index in [2.05, 4.69) is 20.7 Å². The van der Waals surface area contributed by atoms with E-state index in [1.807, 2.05) is 30.3 Å². The fourth-order valence-corrected chi connectivity index (χ4v) is 1.57. The Morgan fingerprint density at radius 1 is 1.50 bits per heavy atom. The van der Waals surface area contributed by atoms with Gasteiger partial charge in [0.25, 0.3) is 0 Å². The second-order valence-electron chi connectivity index (χ2n) is 3.24. The number of hydrogen-bond donors (Lipinski definition) is 1. The lowest BCUT2D eigenvalue weighted by Crippen LogP contribution is -2.14. The first-order valence-electron chi connectivity index (χ1n) is 4.80. The van der Waals surface area contributed by atoms with Crippen LogP contribution in [-0.2, 0) is 9.53 Å². The lowest BCUT2D eigenvalue weighted by atomic mass is 10.1. The molecule has 1 aromatic carbocycles. The summed E-state index contributed by atoms with van der Waals surface area (Å²) >= 11 is 3.24. The summed E-state index contributed by atoms with van der Waals surface area (Å²) in [6.07, 6.45) is 0.848. The average Bonchev–Trinajstić information content (AvgIpc) is 2.30. The maximum atomic E-state index is 10.9. The Balaban J connectivity index is 2.66. The first kappa shape index (κ1) is 12.9. The minimum Gasteiger partial charge on any atom is -0.469 e. The van der Waals surface area contributed by atoms with Gasteiger partial charge in [-0.05, 0) is 11.6 Å². The number of ether oxygens (including phenoxy) is 1. The van der Waals surface area contributed by atoms with E-state index in [1.165, 1.54) is 7.11 Å². The molecule has 0 fully saturated rings. The molecule has 0 unspecified atom stereocenters. The zero-order valence-electron chi connectivity index (χ0n) is 8.89. The van der Waals surface area contributed by atoms with Crippen molar-refractivity contribution in [3.63, 3.8) is 0 Å². The van der Waals surface area contributed by atoms with E-state index in [4.69, 9.17) is 0 Å². The van der Waals surface area contributed by atoms with Crippen molar-refractivity contribution in [3.8, 4) is 0 Å². The van der Waals surface area contributed by atoms with Crippen LogP contribution in [0.2, 0.25) is 0 Å². The molecule has 4 heteroatoms. The standard InChI is InChI=1S/C12H13BrO3/c1-16-12(15)8-11(14)10(13)7-9-5-3-2-4-6-9/h2-7,11,14H,8H2,1H3/b10-7-/t11-/m0/s1. The van der Waals surface area contributed by atoms with Crippen molar-refractivity contribution in [2.75, 3.05) is 7.11 Å². The van der Waals surface area contributed by atoms with E-state index >= 15 is 0 Å². The van der Waals surface area contributed by atoms with Crippen LogP contribution in [0.5, 0.6) is 0 Å². The SMILES string of the molecule is COC(=O)C[C@H](O)/C(Br)=C/c1ccccc1. The Labute approximate surface area is 103 Å². The number of benzene rings is 1. The van der Waals surface area contributed by atoms with Crippen LogP contribution < -0.4 is 0 Å². The first-order chi connectivity index (χ1) is 7.63. The fraction of sp³-hybridized carbons (Fsp3) is 0.250. The van der Waals surface area contributed by atoms with Gasteiger partial charge in [-0.3, -0.25) is 4.79 Å². The fourth-order valence-electron chi connectivity index (χ4n) is 1.14. The van der Waals surface area contributed by atoms with Gasteiger partial charge >= 0.3 is 5.97 Å². The predicted molar refractivity (Wildman–Crippen MR) is 66.0 cm³/mol. The molecule has 0 saturated heterocycles. The monoisotopic (exact) mass is 284 g/mol. The molecular weight excluding hydrogens is 272 g/mol. The van der Waals surface area contributed by atoms with Gasteiger partial charge in [-0.2, -0.15) is 0 Å². The van der Waals surface area contributed by atoms with Crippen LogP contribution in [-0.4, -0.2) is 24.3 Å². The van der Waals surface area contributed by atoms with Crippen molar-refractivity contribution in [2.45, 2.75) is 12.5 Å². The second kappa shape index (κ2) is 6.45. The first-order valence-corrected chi connectivity index (χ1v) is 5.60. The number of aliphatic hydroxyl groups is 1. The van der Waals surface area contributed by atoms with Gasteiger partial charge in [-0.25, -0.2) is 0 Å². The minimum absolute atomic E-state index is 0.0551. The van der Waals surface area contributed by atoms with Crippen molar-refractivity contribution >= 4 is 28.0 Å². The lowest BCUT2D eigenvalue weighted by molar-refractivity contribution is -0.142. The summed E-state index contributed by atoms with van der Waals surface area (Å²) in [6.45, 7) is 0. The highest BCUT2D eigenvalue weighted by Gasteiger charge is 2.13. The minimum atomic E-state index is -0.868. The highest BCUT2D eigenvalue weighted by molar-refractivity contribution is 9.11. The van der Waals surface area contributed by atoms with Crippen LogP contribution in [0.3, 0.4) is 0 Å². The molecule has 0 saturated carbocycles. The molecule has 86 valence electrons. The molecule has 0 aromatic heterocycles. The maximum absolute atomic E-state index is 10.9. The van der Waals surface area contributed by atoms with E-state index in [1.54, 1.807) is 6.08 Å². The van der Waals surface area contributed by atoms with E-state index < -0.39 is 12.1 Å². The summed E-state index contributed by atoms with van der Waals surface area (Å²) in [6, 6.07) is 9.53. The lowest BCUT2D eigenvalue weighted by Gasteiger charge is -2.08. The number of carbonyl (C=O) groups excluding carboxylic acids is 1. The van der Waals surface area contributed by atoms with Crippen LogP contribution in [0.15, 0.2) is 34.8 Å². The number of esters is 1. The summed E-state index contributed by atoms with van der Waals surface area (Å²) in [5.41, 5.74) is 0.957. The van der Waals surface area contributed by atoms with E-state index in [-0.39, 0.29) is 6.42 Å². The van der Waals surface area contributed by atoms with Gasteiger partial charge in [0.2, 0.25) is 0 Å². The highest BCUT2D eigenvalue weighted by Crippen LogP contribution is 2.18. The smallest absolute Gasteiger partial charge is 0.308 e. The van der Waals surface area contributed by atoms with Crippen LogP contribution in [0.4, 0.5) is 0 Å². The number of carbonyl (C=O) groups is 1. The zero-order valence-corrected chi connectivity index (χ0v) is 10.5. The Morgan fingerprint density at radius 3 is 2.69 bits per heavy atom. The van der Waals surface area contributed by atoms with Crippen LogP contribution in [0.1, 0.15) is 12.0 Å². The Hall–Kier alpha value is -1.13. The van der Waals surface area contributed by atoms with Crippen LogP contribution >= 0.6 is 15.9 Å². The number of hydrogen-bond acceptors (Lipinski definition) is 3. The number of methoxy groups -OCH3 is 1. The molecule has 0 radical (unpaired) electrons. The topological polar surface area (TPSA) is 46.5 Å². The van der Waals surface area contributed by atoms with Gasteiger partial charge < -0.3 is 9.84 Å². The third-order valence-electron chi connectivity index (χ3n) is 2.01. The van der Waals surface area contributed by atoms with Crippen molar-refractivity contribution < 1.29 is 14.6 Å². The second-order valence-corrected chi connectivity index (χ2v) is 4.15. The van der Waals surface area contributed by atoms with Gasteiger partial charge in [0.05, 0.1) is 19.6 Å². The number of aliphatic hydroxyl groups excluding tert-OH is 1. The molecule has 1 atom stereocenters. The van der Waals surface area contributed by atoms with E-state index in [0.29, 0.717) is 4.48 Å². The number of halogens is 1. The van der Waals surface area contributed by atoms with E-state index in [9.17, 15) is 9.90 Å². The summed E-state index contributed by atoms with van der Waals surface area (Å²) in [7, 11) is 1.30. The number of rotatable bonds is 4. The normalized spacial score (nSPS) is 13.3. The third-order valence-corrected chi connectivity index (χ3v) is 2.77. The van der Waals surface area contributed by atoms with Gasteiger partial charge in [0, 0.05) is 4.48 Å². The summed E-state index contributed by atoms with van der Waals surface area (Å²) in [5, 5.41) is 9.66.